The lowest BCUT2D eigenvalue weighted by molar-refractivity contribution is -0.131. The Kier molecular flexibility index (Phi) is 9.77. The van der Waals surface area contributed by atoms with Crippen LogP contribution in [0.1, 0.15) is 30.0 Å². The Morgan fingerprint density at radius 1 is 0.933 bits per heavy atom. The number of amides is 2. The van der Waals surface area contributed by atoms with Gasteiger partial charge >= 0.3 is 0 Å². The minimum atomic E-state index is -0.615. The van der Waals surface area contributed by atoms with Crippen molar-refractivity contribution in [3.63, 3.8) is 0 Å². The molecule has 0 spiro atoms. The normalized spacial score (nSPS) is 13.7. The van der Waals surface area contributed by atoms with Crippen LogP contribution in [0.2, 0.25) is 0 Å². The summed E-state index contributed by atoms with van der Waals surface area (Å²) in [7, 11) is 0. The number of rotatable bonds is 12. The van der Waals surface area contributed by atoms with E-state index >= 15 is 0 Å². The molecule has 0 unspecified atom stereocenters. The van der Waals surface area contributed by atoms with Crippen LogP contribution in [0, 0.1) is 5.92 Å². The highest BCUT2D eigenvalue weighted by atomic mass is 16.3. The van der Waals surface area contributed by atoms with Crippen molar-refractivity contribution >= 4 is 11.8 Å². The summed E-state index contributed by atoms with van der Waals surface area (Å²) in [6, 6.07) is 17.8. The third kappa shape index (κ3) is 7.46. The van der Waals surface area contributed by atoms with Gasteiger partial charge in [0.1, 0.15) is 0 Å². The van der Waals surface area contributed by atoms with Crippen LogP contribution in [0.5, 0.6) is 0 Å². The second-order valence-corrected chi connectivity index (χ2v) is 7.22. The van der Waals surface area contributed by atoms with E-state index in [1.165, 1.54) is 0 Å². The van der Waals surface area contributed by atoms with Gasteiger partial charge in [0.05, 0.1) is 31.2 Å². The van der Waals surface area contributed by atoms with Gasteiger partial charge in [0.25, 0.3) is 0 Å². The van der Waals surface area contributed by atoms with Crippen molar-refractivity contribution in [2.75, 3.05) is 13.2 Å². The molecule has 0 bridgehead atoms. The summed E-state index contributed by atoms with van der Waals surface area (Å²) >= 11 is 0. The standard InChI is InChI=1S/C24H30N2O4/c1-2-9-20(24(30)26-22(17-28)19-12-7-4-8-13-19)15-23(29)25-21(16-27)14-18-10-5-3-6-11-18/h2-8,10-13,20-22,27-28H,1,9,14-17H2,(H,25,29)(H,26,30)/t20-,21+,22-/m0/s1. The number of allylic oxidation sites excluding steroid dienone is 1. The number of hydrogen-bond donors (Lipinski definition) is 4. The third-order valence-electron chi connectivity index (χ3n) is 4.87. The second kappa shape index (κ2) is 12.6. The summed E-state index contributed by atoms with van der Waals surface area (Å²) < 4.78 is 0. The third-order valence-corrected chi connectivity index (χ3v) is 4.87. The minimum Gasteiger partial charge on any atom is -0.394 e. The van der Waals surface area contributed by atoms with Crippen molar-refractivity contribution in [1.82, 2.24) is 10.6 Å². The van der Waals surface area contributed by atoms with Gasteiger partial charge in [0.15, 0.2) is 0 Å². The first kappa shape index (κ1) is 23.3. The minimum absolute atomic E-state index is 0.0317. The van der Waals surface area contributed by atoms with E-state index in [4.69, 9.17) is 0 Å². The van der Waals surface area contributed by atoms with Gasteiger partial charge in [-0.1, -0.05) is 66.7 Å². The summed E-state index contributed by atoms with van der Waals surface area (Å²) in [5.41, 5.74) is 1.80. The quantitative estimate of drug-likeness (QED) is 0.403. The molecule has 0 aliphatic heterocycles. The average molecular weight is 411 g/mol. The van der Waals surface area contributed by atoms with Gasteiger partial charge in [-0.2, -0.15) is 0 Å². The maximum absolute atomic E-state index is 12.8. The zero-order chi connectivity index (χ0) is 21.8. The highest BCUT2D eigenvalue weighted by Gasteiger charge is 2.24. The van der Waals surface area contributed by atoms with Gasteiger partial charge in [-0.25, -0.2) is 0 Å². The number of carbonyl (C=O) groups excluding carboxylic acids is 2. The fraction of sp³-hybridized carbons (Fsp3) is 0.333. The Morgan fingerprint density at radius 3 is 2.13 bits per heavy atom. The van der Waals surface area contributed by atoms with E-state index in [0.717, 1.165) is 11.1 Å². The van der Waals surface area contributed by atoms with Crippen LogP contribution in [-0.4, -0.2) is 41.3 Å². The predicted octanol–water partition coefficient (Wildman–Crippen LogP) is 2.14. The topological polar surface area (TPSA) is 98.7 Å². The highest BCUT2D eigenvalue weighted by Crippen LogP contribution is 2.16. The predicted molar refractivity (Wildman–Crippen MR) is 116 cm³/mol. The molecule has 30 heavy (non-hydrogen) atoms. The summed E-state index contributed by atoms with van der Waals surface area (Å²) in [6.45, 7) is 3.24. The van der Waals surface area contributed by atoms with Crippen molar-refractivity contribution in [3.8, 4) is 0 Å². The van der Waals surface area contributed by atoms with Gasteiger partial charge in [-0.3, -0.25) is 9.59 Å². The van der Waals surface area contributed by atoms with Gasteiger partial charge < -0.3 is 20.8 Å². The number of hydrogen-bond acceptors (Lipinski definition) is 4. The molecule has 0 aliphatic carbocycles. The Morgan fingerprint density at radius 2 is 1.57 bits per heavy atom. The number of aliphatic hydroxyl groups excluding tert-OH is 2. The van der Waals surface area contributed by atoms with Gasteiger partial charge in [0, 0.05) is 6.42 Å². The molecular formula is C24H30N2O4. The Hall–Kier alpha value is -2.96. The van der Waals surface area contributed by atoms with E-state index in [2.05, 4.69) is 17.2 Å². The van der Waals surface area contributed by atoms with Crippen molar-refractivity contribution < 1.29 is 19.8 Å². The van der Waals surface area contributed by atoms with Gasteiger partial charge in [-0.15, -0.1) is 6.58 Å². The molecule has 0 saturated heterocycles. The Bertz CT molecular complexity index is 795. The van der Waals surface area contributed by atoms with Crippen LogP contribution in [0.4, 0.5) is 0 Å². The molecule has 0 fully saturated rings. The smallest absolute Gasteiger partial charge is 0.224 e. The zero-order valence-corrected chi connectivity index (χ0v) is 17.0. The van der Waals surface area contributed by atoms with Crippen LogP contribution < -0.4 is 10.6 Å². The number of benzene rings is 2. The molecule has 0 radical (unpaired) electrons. The molecule has 6 heteroatoms. The lowest BCUT2D eigenvalue weighted by Gasteiger charge is -2.22. The molecule has 2 aromatic carbocycles. The van der Waals surface area contributed by atoms with Crippen molar-refractivity contribution in [2.24, 2.45) is 5.92 Å². The van der Waals surface area contributed by atoms with E-state index in [0.29, 0.717) is 12.8 Å². The summed E-state index contributed by atoms with van der Waals surface area (Å²) in [5, 5.41) is 24.9. The molecular weight excluding hydrogens is 380 g/mol. The van der Waals surface area contributed by atoms with Crippen LogP contribution >= 0.6 is 0 Å². The first-order valence-electron chi connectivity index (χ1n) is 10.1. The maximum atomic E-state index is 12.8. The largest absolute Gasteiger partial charge is 0.394 e. The van der Waals surface area contributed by atoms with Gasteiger partial charge in [0.2, 0.25) is 11.8 Å². The number of carbonyl (C=O) groups is 2. The van der Waals surface area contributed by atoms with Crippen LogP contribution in [0.15, 0.2) is 73.3 Å². The molecule has 0 saturated carbocycles. The molecule has 2 aromatic rings. The first-order valence-corrected chi connectivity index (χ1v) is 10.1. The van der Waals surface area contributed by atoms with E-state index in [-0.39, 0.29) is 31.4 Å². The molecule has 0 heterocycles. The average Bonchev–Trinajstić information content (AvgIpc) is 2.77. The van der Waals surface area contributed by atoms with Crippen LogP contribution in [0.25, 0.3) is 0 Å². The Labute approximate surface area is 177 Å². The fourth-order valence-corrected chi connectivity index (χ4v) is 3.26. The molecule has 2 rings (SSSR count). The SMILES string of the molecule is C=CC[C@@H](CC(=O)N[C@@H](CO)Cc1ccccc1)C(=O)N[C@@H](CO)c1ccccc1. The van der Waals surface area contributed by atoms with Crippen LogP contribution in [-0.2, 0) is 16.0 Å². The number of aliphatic hydroxyl groups is 2. The van der Waals surface area contributed by atoms with E-state index < -0.39 is 18.0 Å². The number of nitrogens with one attached hydrogen (secondary N) is 2. The summed E-state index contributed by atoms with van der Waals surface area (Å²) in [5.74, 6) is -1.25. The lowest BCUT2D eigenvalue weighted by atomic mass is 9.98. The molecule has 0 aliphatic rings. The van der Waals surface area contributed by atoms with E-state index in [9.17, 15) is 19.8 Å². The maximum Gasteiger partial charge on any atom is 0.224 e. The highest BCUT2D eigenvalue weighted by molar-refractivity contribution is 5.86. The molecule has 0 aromatic heterocycles. The Balaban J connectivity index is 1.96. The molecule has 3 atom stereocenters. The summed E-state index contributed by atoms with van der Waals surface area (Å²) in [6.07, 6.45) is 2.40. The van der Waals surface area contributed by atoms with Crippen LogP contribution in [0.3, 0.4) is 0 Å². The molecule has 2 amide bonds. The van der Waals surface area contributed by atoms with Crippen molar-refractivity contribution in [2.45, 2.75) is 31.3 Å². The molecule has 160 valence electrons. The van der Waals surface area contributed by atoms with E-state index in [1.54, 1.807) is 6.08 Å². The first-order chi connectivity index (χ1) is 14.6. The zero-order valence-electron chi connectivity index (χ0n) is 17.0. The van der Waals surface area contributed by atoms with E-state index in [1.807, 2.05) is 60.7 Å². The lowest BCUT2D eigenvalue weighted by Crippen LogP contribution is -2.42. The second-order valence-electron chi connectivity index (χ2n) is 7.22. The monoisotopic (exact) mass is 410 g/mol. The van der Waals surface area contributed by atoms with Crippen molar-refractivity contribution in [3.05, 3.63) is 84.4 Å². The summed E-state index contributed by atoms with van der Waals surface area (Å²) in [4.78, 5) is 25.3. The van der Waals surface area contributed by atoms with Crippen molar-refractivity contribution in [1.29, 1.82) is 0 Å². The molecule has 6 nitrogen and oxygen atoms in total. The molecule has 4 N–H and O–H groups in total. The fourth-order valence-electron chi connectivity index (χ4n) is 3.26. The van der Waals surface area contributed by atoms with Gasteiger partial charge in [-0.05, 0) is 24.0 Å².